The minimum absolute atomic E-state index is 0.0405. The summed E-state index contributed by atoms with van der Waals surface area (Å²) < 4.78 is 60.1. The number of amides is 1. The molecule has 1 amide bonds. The zero-order chi connectivity index (χ0) is 87.6. The number of carbonyl (C=O) groups excluding carboxylic acids is 9. The third-order valence-electron chi connectivity index (χ3n) is 24.8. The molecule has 5 rings (SSSR count). The summed E-state index contributed by atoms with van der Waals surface area (Å²) in [6, 6.07) is 2.13. The molecule has 1 saturated carbocycles. The van der Waals surface area contributed by atoms with E-state index < -0.39 is 162 Å². The van der Waals surface area contributed by atoms with Gasteiger partial charge in [-0.1, -0.05) is 232 Å². The molecule has 1 aromatic carbocycles. The van der Waals surface area contributed by atoms with Gasteiger partial charge in [-0.05, 0) is 139 Å². The fourth-order valence-electron chi connectivity index (χ4n) is 18.0. The molecule has 3 aliphatic heterocycles. The molecule has 1 aliphatic carbocycles. The highest BCUT2D eigenvalue weighted by atomic mass is 16.7. The van der Waals surface area contributed by atoms with Crippen molar-refractivity contribution in [2.75, 3.05) is 41.1 Å². The van der Waals surface area contributed by atoms with Crippen LogP contribution in [-0.2, 0) is 91.2 Å². The summed E-state index contributed by atoms with van der Waals surface area (Å²) in [6.45, 7) is 23.4. The van der Waals surface area contributed by atoms with Crippen molar-refractivity contribution in [3.63, 3.8) is 0 Å². The largest absolute Gasteiger partial charge is 0.462 e. The molecule has 23 heteroatoms. The third kappa shape index (κ3) is 35.2. The lowest BCUT2D eigenvalue weighted by molar-refractivity contribution is -0.302. The molecule has 676 valence electrons. The van der Waals surface area contributed by atoms with Gasteiger partial charge in [0.15, 0.2) is 18.0 Å². The minimum atomic E-state index is -2.65. The summed E-state index contributed by atoms with van der Waals surface area (Å²) in [6.07, 6.45) is 27.2. The molecule has 0 spiro atoms. The molecule has 15 atom stereocenters. The molecular weight excluding hydrogens is 1520 g/mol. The second-order valence-corrected chi connectivity index (χ2v) is 35.8. The number of carbonyl (C=O) groups is 9. The Bertz CT molecular complexity index is 3300. The second kappa shape index (κ2) is 55.1. The standard InChI is InChI=1S/C96H155NO22/c1-16-19-21-23-25-27-29-31-33-35-37-39-41-47-81(99)113-63-74(64-114-82(100)48-42-40-38-36-34-32-30-28-26-24-22-20-17-2)115-83(101)51-52-84(102)116-78-57-67(6)55-68(7)86(78)95(11,12)62-85(103)117-91-87(104)71(10)89(69(8)59-72-49-50-76(98)77(61-72)110-13)118-94(108)75-46-43-44-53-97(75)93(107)92(106)96(109)70(9)60-80(112-15)90(119-96)79(111-14)58-66(5)54-65(4)56-73(45-18-3)88(91)105/h18,55-57,59,66,70-77,79-80,87,89-91,98,104,109H,3,16-17,19-54,58,60-64H2,1-2,4-15H3/b65-56+,69-59+/t66-,70+,71+,72?,73+,75-,76+,77+,79-,80-,87+,89+,90+,91-,96+/m0/s1. The van der Waals surface area contributed by atoms with Crippen LogP contribution >= 0.6 is 0 Å². The zero-order valence-corrected chi connectivity index (χ0v) is 75.4. The van der Waals surface area contributed by atoms with Gasteiger partial charge >= 0.3 is 35.8 Å². The van der Waals surface area contributed by atoms with Gasteiger partial charge in [-0.3, -0.25) is 38.4 Å². The number of unbranched alkanes of at least 4 members (excludes halogenated alkanes) is 24. The molecule has 2 saturated heterocycles. The summed E-state index contributed by atoms with van der Waals surface area (Å²) in [7, 11) is 4.47. The molecule has 3 heterocycles. The van der Waals surface area contributed by atoms with Crippen molar-refractivity contribution in [3.8, 4) is 5.75 Å². The van der Waals surface area contributed by atoms with E-state index in [4.69, 9.17) is 47.4 Å². The van der Waals surface area contributed by atoms with Crippen LogP contribution in [0.4, 0.5) is 0 Å². The SMILES string of the molecule is C=CC[C@@H]1/C=C(\C)C[C@H](C)C[C@H](OC)[C@H]2O[C@@](O)(C(=O)C(=O)N3CCCC[C@H]3C(=O)O[C@H](/C(C)=C/C3CC[C@@H](O)[C@H](OC)C3)[C@H](C)[C@@H](O)[C@H](OC(=O)CC(C)(C)c3c(C)cc(C)cc3OC(=O)CCC(=O)OC(COC(=O)CCCCCCCCCCCCCCC)COC(=O)CCCCCCCCCCCCCCC)C1=O)[C@H](C)C[C@@H]2OC. The van der Waals surface area contributed by atoms with E-state index >= 15 is 14.4 Å². The fraction of sp³-hybridized carbons (Fsp3) is 0.781. The van der Waals surface area contributed by atoms with Crippen molar-refractivity contribution in [2.24, 2.45) is 29.6 Å². The molecule has 0 aromatic heterocycles. The quantitative estimate of drug-likeness (QED) is 0.0136. The normalized spacial score (nSPS) is 26.4. The van der Waals surface area contributed by atoms with E-state index in [1.807, 2.05) is 26.0 Å². The highest BCUT2D eigenvalue weighted by Gasteiger charge is 2.57. The summed E-state index contributed by atoms with van der Waals surface area (Å²) in [5, 5.41) is 36.4. The van der Waals surface area contributed by atoms with E-state index in [0.717, 1.165) is 49.0 Å². The molecule has 1 aromatic rings. The number of piperidine rings is 1. The van der Waals surface area contributed by atoms with E-state index in [0.29, 0.717) is 80.1 Å². The monoisotopic (exact) mass is 1670 g/mol. The number of allylic oxidation sites excluding steroid dienone is 4. The van der Waals surface area contributed by atoms with Crippen molar-refractivity contribution in [1.29, 1.82) is 0 Å². The first-order chi connectivity index (χ1) is 56.9. The van der Waals surface area contributed by atoms with E-state index in [2.05, 4.69) is 20.4 Å². The van der Waals surface area contributed by atoms with Gasteiger partial charge in [0.1, 0.15) is 43.3 Å². The van der Waals surface area contributed by atoms with E-state index in [1.54, 1.807) is 66.7 Å². The Morgan fingerprint density at radius 2 is 1.17 bits per heavy atom. The predicted molar refractivity (Wildman–Crippen MR) is 459 cm³/mol. The maximum absolute atomic E-state index is 15.8. The highest BCUT2D eigenvalue weighted by Crippen LogP contribution is 2.42. The topological polar surface area (TPSA) is 310 Å². The first-order valence-corrected chi connectivity index (χ1v) is 45.8. The molecule has 3 N–H and O–H groups in total. The first-order valence-electron chi connectivity index (χ1n) is 45.8. The number of aliphatic hydroxyl groups is 3. The van der Waals surface area contributed by atoms with Gasteiger partial charge in [0.2, 0.25) is 5.79 Å². The summed E-state index contributed by atoms with van der Waals surface area (Å²) in [4.78, 5) is 131. The number of benzene rings is 1. The molecule has 4 aliphatic rings. The second-order valence-electron chi connectivity index (χ2n) is 35.8. The van der Waals surface area contributed by atoms with E-state index in [-0.39, 0.29) is 69.4 Å². The lowest BCUT2D eigenvalue weighted by Gasteiger charge is -2.47. The van der Waals surface area contributed by atoms with Crippen molar-refractivity contribution in [1.82, 2.24) is 4.90 Å². The molecular formula is C96H155NO22. The molecule has 1 unspecified atom stereocenters. The lowest BCUT2D eigenvalue weighted by atomic mass is 9.78. The van der Waals surface area contributed by atoms with Gasteiger partial charge in [0.25, 0.3) is 11.7 Å². The van der Waals surface area contributed by atoms with Crippen LogP contribution in [0.15, 0.2) is 48.1 Å². The van der Waals surface area contributed by atoms with Gasteiger partial charge in [0.05, 0.1) is 43.7 Å². The van der Waals surface area contributed by atoms with Crippen LogP contribution in [0.25, 0.3) is 0 Å². The Balaban J connectivity index is 1.39. The summed E-state index contributed by atoms with van der Waals surface area (Å²) in [5.41, 5.74) is 1.66. The molecule has 119 heavy (non-hydrogen) atoms. The van der Waals surface area contributed by atoms with Gasteiger partial charge < -0.3 is 67.6 Å². The number of Topliss-reactive ketones (excluding diaryl/α,β-unsaturated/α-hetero) is 2. The number of aliphatic hydroxyl groups excluding tert-OH is 2. The van der Waals surface area contributed by atoms with Gasteiger partial charge in [-0.25, -0.2) is 4.79 Å². The van der Waals surface area contributed by atoms with Crippen LogP contribution in [0, 0.1) is 43.4 Å². The Hall–Kier alpha value is -6.21. The number of esters is 6. The Kier molecular flexibility index (Phi) is 47.9. The minimum Gasteiger partial charge on any atom is -0.462 e. The molecule has 2 bridgehead atoms. The van der Waals surface area contributed by atoms with Gasteiger partial charge in [-0.2, -0.15) is 0 Å². The average molecular weight is 1680 g/mol. The van der Waals surface area contributed by atoms with Gasteiger partial charge in [-0.15, -0.1) is 6.58 Å². The maximum atomic E-state index is 15.8. The number of aryl methyl sites for hydroxylation is 2. The van der Waals surface area contributed by atoms with Crippen molar-refractivity contribution < 1.29 is 106 Å². The van der Waals surface area contributed by atoms with Crippen molar-refractivity contribution in [2.45, 2.75) is 412 Å². The lowest BCUT2D eigenvalue weighted by Crippen LogP contribution is -2.64. The van der Waals surface area contributed by atoms with Crippen LogP contribution in [0.1, 0.15) is 342 Å². The van der Waals surface area contributed by atoms with Crippen LogP contribution < -0.4 is 4.74 Å². The average Bonchev–Trinajstić information content (AvgIpc) is 0.926. The molecule has 23 nitrogen and oxygen atoms in total. The van der Waals surface area contributed by atoms with Crippen LogP contribution in [0.5, 0.6) is 5.75 Å². The van der Waals surface area contributed by atoms with Crippen LogP contribution in [-0.4, -0.2) is 181 Å². The smallest absolute Gasteiger partial charge is 0.329 e. The molecule has 3 fully saturated rings. The number of methoxy groups -OCH3 is 3. The number of hydrogen-bond donors (Lipinski definition) is 3. The van der Waals surface area contributed by atoms with Gasteiger partial charge in [0, 0.05) is 69.4 Å². The summed E-state index contributed by atoms with van der Waals surface area (Å²) >= 11 is 0. The zero-order valence-electron chi connectivity index (χ0n) is 75.4. The Morgan fingerprint density at radius 1 is 0.647 bits per heavy atom. The van der Waals surface area contributed by atoms with Crippen molar-refractivity contribution >= 4 is 53.3 Å². The van der Waals surface area contributed by atoms with Crippen LogP contribution in [0.2, 0.25) is 0 Å². The van der Waals surface area contributed by atoms with Crippen molar-refractivity contribution in [3.05, 3.63) is 64.8 Å². The van der Waals surface area contributed by atoms with E-state index in [1.165, 1.54) is 137 Å². The Labute approximate surface area is 713 Å². The van der Waals surface area contributed by atoms with Crippen LogP contribution in [0.3, 0.4) is 0 Å². The number of hydrogen-bond acceptors (Lipinski definition) is 22. The Morgan fingerprint density at radius 3 is 1.70 bits per heavy atom. The number of rotatable bonds is 48. The maximum Gasteiger partial charge on any atom is 0.329 e. The number of nitrogens with zero attached hydrogens (tertiary/aromatic N) is 1. The summed E-state index contributed by atoms with van der Waals surface area (Å²) in [5.74, 6) is -13.8. The van der Waals surface area contributed by atoms with E-state index in [9.17, 15) is 44.1 Å². The molecule has 0 radical (unpaired) electrons. The first kappa shape index (κ1) is 103. The fourth-order valence-corrected chi connectivity index (χ4v) is 18.0. The number of fused-ring (bicyclic) bond motifs is 3. The number of ketones is 2. The third-order valence-corrected chi connectivity index (χ3v) is 24.8. The highest BCUT2D eigenvalue weighted by molar-refractivity contribution is 6.39. The number of ether oxygens (including phenoxy) is 10. The number of cyclic esters (lactones) is 1. The predicted octanol–water partition coefficient (Wildman–Crippen LogP) is 17.8.